The van der Waals surface area contributed by atoms with Crippen LogP contribution < -0.4 is 0 Å². The first-order valence-corrected chi connectivity index (χ1v) is 10.1. The molecule has 0 radical (unpaired) electrons. The lowest BCUT2D eigenvalue weighted by molar-refractivity contribution is -0.144. The Hall–Kier alpha value is -0.790. The molecule has 0 bridgehead atoms. The van der Waals surface area contributed by atoms with E-state index in [1.807, 2.05) is 6.92 Å². The zero-order valence-electron chi connectivity index (χ0n) is 16.8. The van der Waals surface area contributed by atoms with E-state index in [2.05, 4.69) is 34.6 Å². The van der Waals surface area contributed by atoms with Gasteiger partial charge in [-0.15, -0.1) is 0 Å². The third-order valence-electron chi connectivity index (χ3n) is 6.95. The minimum atomic E-state index is -0.0396. The molecule has 0 aliphatic heterocycles. The predicted octanol–water partition coefficient (Wildman–Crippen LogP) is 6.30. The molecule has 0 aromatic heterocycles. The average molecular weight is 335 g/mol. The minimum Gasteiger partial charge on any atom is -0.466 e. The molecule has 2 aliphatic rings. The fourth-order valence-corrected chi connectivity index (χ4v) is 5.69. The Morgan fingerprint density at radius 2 is 2.00 bits per heavy atom. The second-order valence-electron chi connectivity index (χ2n) is 9.26. The van der Waals surface area contributed by atoms with E-state index < -0.39 is 0 Å². The fourth-order valence-electron chi connectivity index (χ4n) is 5.69. The monoisotopic (exact) mass is 334 g/mol. The summed E-state index contributed by atoms with van der Waals surface area (Å²) >= 11 is 0. The quantitative estimate of drug-likeness (QED) is 0.421. The summed E-state index contributed by atoms with van der Waals surface area (Å²) in [6, 6.07) is 0. The van der Waals surface area contributed by atoms with Crippen LogP contribution in [0.1, 0.15) is 92.9 Å². The van der Waals surface area contributed by atoms with Gasteiger partial charge in [0.25, 0.3) is 0 Å². The fraction of sp³-hybridized carbons (Fsp3) is 0.864. The van der Waals surface area contributed by atoms with Crippen molar-refractivity contribution in [3.05, 3.63) is 11.1 Å². The highest BCUT2D eigenvalue weighted by Crippen LogP contribution is 2.60. The molecular weight excluding hydrogens is 296 g/mol. The van der Waals surface area contributed by atoms with Crippen LogP contribution in [-0.2, 0) is 9.53 Å². The number of rotatable bonds is 6. The number of allylic oxidation sites excluding steroid dienone is 2. The van der Waals surface area contributed by atoms with Gasteiger partial charge in [-0.2, -0.15) is 0 Å². The van der Waals surface area contributed by atoms with Gasteiger partial charge in [-0.05, 0) is 75.0 Å². The predicted molar refractivity (Wildman–Crippen MR) is 101 cm³/mol. The van der Waals surface area contributed by atoms with Crippen LogP contribution in [-0.4, -0.2) is 12.6 Å². The molecule has 3 atom stereocenters. The molecule has 0 heterocycles. The van der Waals surface area contributed by atoms with Gasteiger partial charge in [0, 0.05) is 6.42 Å². The van der Waals surface area contributed by atoms with Crippen molar-refractivity contribution >= 4 is 5.97 Å². The molecule has 3 unspecified atom stereocenters. The van der Waals surface area contributed by atoms with E-state index in [0.717, 1.165) is 18.8 Å². The Labute approximate surface area is 149 Å². The van der Waals surface area contributed by atoms with Crippen LogP contribution in [0.4, 0.5) is 0 Å². The van der Waals surface area contributed by atoms with Crippen molar-refractivity contribution in [2.45, 2.75) is 92.9 Å². The van der Waals surface area contributed by atoms with Gasteiger partial charge < -0.3 is 4.74 Å². The first-order valence-electron chi connectivity index (χ1n) is 10.1. The molecule has 0 saturated heterocycles. The molecular formula is C22H38O2. The maximum absolute atomic E-state index is 11.7. The summed E-state index contributed by atoms with van der Waals surface area (Å²) in [5.41, 5.74) is 4.21. The van der Waals surface area contributed by atoms with Gasteiger partial charge in [-0.3, -0.25) is 4.79 Å². The molecule has 1 saturated carbocycles. The number of hydrogen-bond donors (Lipinski definition) is 0. The molecule has 24 heavy (non-hydrogen) atoms. The lowest BCUT2D eigenvalue weighted by atomic mass is 9.50. The molecule has 0 spiro atoms. The molecule has 2 rings (SSSR count). The molecule has 0 aromatic carbocycles. The standard InChI is InChI=1S/C22H38O2/c1-7-24-20(23)15-16(2)9-11-18-17(3)10-12-19-21(4,5)13-8-14-22(18,19)6/h16,19H,7-15H2,1-6H3. The number of hydrogen-bond acceptors (Lipinski definition) is 2. The van der Waals surface area contributed by atoms with Crippen molar-refractivity contribution in [3.63, 3.8) is 0 Å². The van der Waals surface area contributed by atoms with Gasteiger partial charge >= 0.3 is 5.97 Å². The molecule has 2 aliphatic carbocycles. The first-order chi connectivity index (χ1) is 11.2. The van der Waals surface area contributed by atoms with E-state index in [-0.39, 0.29) is 5.97 Å². The van der Waals surface area contributed by atoms with Crippen LogP contribution >= 0.6 is 0 Å². The van der Waals surface area contributed by atoms with Gasteiger partial charge in [0.15, 0.2) is 0 Å². The second-order valence-corrected chi connectivity index (χ2v) is 9.26. The first kappa shape index (κ1) is 19.5. The largest absolute Gasteiger partial charge is 0.466 e. The second kappa shape index (κ2) is 7.62. The summed E-state index contributed by atoms with van der Waals surface area (Å²) in [4.78, 5) is 11.7. The van der Waals surface area contributed by atoms with Gasteiger partial charge in [-0.1, -0.05) is 45.3 Å². The van der Waals surface area contributed by atoms with Crippen molar-refractivity contribution < 1.29 is 9.53 Å². The number of esters is 1. The van der Waals surface area contributed by atoms with E-state index in [0.29, 0.717) is 29.8 Å². The Balaban J connectivity index is 2.06. The summed E-state index contributed by atoms with van der Waals surface area (Å²) in [6.45, 7) is 14.4. The van der Waals surface area contributed by atoms with Crippen molar-refractivity contribution in [2.24, 2.45) is 22.7 Å². The van der Waals surface area contributed by atoms with E-state index in [1.54, 1.807) is 11.1 Å². The number of carbonyl (C=O) groups excluding carboxylic acids is 1. The van der Waals surface area contributed by atoms with Crippen LogP contribution in [0.5, 0.6) is 0 Å². The molecule has 0 amide bonds. The van der Waals surface area contributed by atoms with Crippen LogP contribution in [0, 0.1) is 22.7 Å². The molecule has 2 heteroatoms. The Morgan fingerprint density at radius 1 is 1.29 bits per heavy atom. The summed E-state index contributed by atoms with van der Waals surface area (Å²) in [5.74, 6) is 1.19. The Bertz CT molecular complexity index is 488. The molecule has 0 N–H and O–H groups in total. The smallest absolute Gasteiger partial charge is 0.306 e. The molecule has 0 aromatic rings. The SMILES string of the molecule is CCOC(=O)CC(C)CCC1=C(C)CCC2C(C)(C)CCCC12C. The topological polar surface area (TPSA) is 26.3 Å². The van der Waals surface area contributed by atoms with Crippen molar-refractivity contribution in [3.8, 4) is 0 Å². The minimum absolute atomic E-state index is 0.0396. The molecule has 2 nitrogen and oxygen atoms in total. The van der Waals surface area contributed by atoms with Crippen LogP contribution in [0.15, 0.2) is 11.1 Å². The summed E-state index contributed by atoms with van der Waals surface area (Å²) < 4.78 is 5.11. The van der Waals surface area contributed by atoms with Gasteiger partial charge in [0.1, 0.15) is 0 Å². The number of fused-ring (bicyclic) bond motifs is 1. The molecule has 1 fully saturated rings. The van der Waals surface area contributed by atoms with Gasteiger partial charge in [0.2, 0.25) is 0 Å². The van der Waals surface area contributed by atoms with E-state index in [4.69, 9.17) is 4.74 Å². The number of ether oxygens (including phenoxy) is 1. The summed E-state index contributed by atoms with van der Waals surface area (Å²) in [5, 5.41) is 0. The van der Waals surface area contributed by atoms with Gasteiger partial charge in [0.05, 0.1) is 6.61 Å². The van der Waals surface area contributed by atoms with Crippen molar-refractivity contribution in [2.75, 3.05) is 6.61 Å². The van der Waals surface area contributed by atoms with E-state index in [9.17, 15) is 4.79 Å². The van der Waals surface area contributed by atoms with E-state index >= 15 is 0 Å². The Morgan fingerprint density at radius 3 is 2.67 bits per heavy atom. The lowest BCUT2D eigenvalue weighted by Gasteiger charge is -2.55. The highest BCUT2D eigenvalue weighted by Gasteiger charge is 2.49. The zero-order valence-corrected chi connectivity index (χ0v) is 16.8. The van der Waals surface area contributed by atoms with Crippen LogP contribution in [0.3, 0.4) is 0 Å². The van der Waals surface area contributed by atoms with Crippen LogP contribution in [0.25, 0.3) is 0 Å². The van der Waals surface area contributed by atoms with Crippen molar-refractivity contribution in [1.29, 1.82) is 0 Å². The molecule has 138 valence electrons. The maximum atomic E-state index is 11.7. The van der Waals surface area contributed by atoms with Crippen LogP contribution in [0.2, 0.25) is 0 Å². The number of carbonyl (C=O) groups is 1. The normalized spacial score (nSPS) is 30.7. The third-order valence-corrected chi connectivity index (χ3v) is 6.95. The summed E-state index contributed by atoms with van der Waals surface area (Å²) in [6.07, 6.45) is 9.53. The van der Waals surface area contributed by atoms with E-state index in [1.165, 1.54) is 32.1 Å². The highest BCUT2D eigenvalue weighted by atomic mass is 16.5. The summed E-state index contributed by atoms with van der Waals surface area (Å²) in [7, 11) is 0. The average Bonchev–Trinajstić information content (AvgIpc) is 2.45. The highest BCUT2D eigenvalue weighted by molar-refractivity contribution is 5.69. The third kappa shape index (κ3) is 4.06. The maximum Gasteiger partial charge on any atom is 0.306 e. The lowest BCUT2D eigenvalue weighted by Crippen LogP contribution is -2.45. The Kier molecular flexibility index (Phi) is 6.20. The van der Waals surface area contributed by atoms with Crippen molar-refractivity contribution in [1.82, 2.24) is 0 Å². The zero-order chi connectivity index (χ0) is 18.0. The van der Waals surface area contributed by atoms with Gasteiger partial charge in [-0.25, -0.2) is 0 Å².